The fraction of sp³-hybridized carbons (Fsp3) is 0.613. The molecular formula is C31H39ClN2O7. The molecule has 41 heavy (non-hydrogen) atoms. The molecule has 1 aromatic carbocycles. The van der Waals surface area contributed by atoms with Gasteiger partial charge < -0.3 is 20.1 Å². The van der Waals surface area contributed by atoms with E-state index in [-0.39, 0.29) is 23.7 Å². The number of esters is 1. The van der Waals surface area contributed by atoms with Crippen LogP contribution in [-0.4, -0.2) is 58.3 Å². The highest BCUT2D eigenvalue weighted by atomic mass is 35.5. The van der Waals surface area contributed by atoms with Crippen molar-refractivity contribution in [2.24, 2.45) is 35.5 Å². The fourth-order valence-electron chi connectivity index (χ4n) is 8.26. The molecule has 1 aromatic rings. The first-order valence-corrected chi connectivity index (χ1v) is 14.9. The number of halogens is 1. The molecule has 3 aliphatic carbocycles. The lowest BCUT2D eigenvalue weighted by Crippen LogP contribution is -2.67. The molecule has 1 unspecified atom stereocenters. The van der Waals surface area contributed by atoms with E-state index in [4.69, 9.17) is 21.2 Å². The average molecular weight is 587 g/mol. The normalized spacial score (nSPS) is 41.5. The second-order valence-corrected chi connectivity index (χ2v) is 13.3. The summed E-state index contributed by atoms with van der Waals surface area (Å²) in [5.41, 5.74) is -0.992. The van der Waals surface area contributed by atoms with Crippen molar-refractivity contribution < 1.29 is 34.5 Å². The van der Waals surface area contributed by atoms with Gasteiger partial charge in [-0.1, -0.05) is 48.9 Å². The van der Waals surface area contributed by atoms with Gasteiger partial charge >= 0.3 is 11.9 Å². The third kappa shape index (κ3) is 4.11. The summed E-state index contributed by atoms with van der Waals surface area (Å²) in [7, 11) is 1.65. The highest BCUT2D eigenvalue weighted by Crippen LogP contribution is 2.61. The first-order valence-electron chi connectivity index (χ1n) is 14.5. The van der Waals surface area contributed by atoms with Crippen molar-refractivity contribution in [3.63, 3.8) is 0 Å². The zero-order valence-electron chi connectivity index (χ0n) is 23.8. The van der Waals surface area contributed by atoms with Gasteiger partial charge in [-0.2, -0.15) is 0 Å². The maximum atomic E-state index is 13.2. The zero-order valence-corrected chi connectivity index (χ0v) is 24.6. The predicted molar refractivity (Wildman–Crippen MR) is 152 cm³/mol. The number of hydrogen-bond donors (Lipinski definition) is 4. The second kappa shape index (κ2) is 9.81. The van der Waals surface area contributed by atoms with Crippen LogP contribution in [0.25, 0.3) is 0 Å². The van der Waals surface area contributed by atoms with Crippen molar-refractivity contribution in [1.82, 2.24) is 5.32 Å². The molecule has 6 rings (SSSR count). The Hall–Kier alpha value is -2.43. The van der Waals surface area contributed by atoms with Gasteiger partial charge in [0.05, 0.1) is 22.2 Å². The molecule has 2 heterocycles. The third-order valence-corrected chi connectivity index (χ3v) is 10.8. The number of ether oxygens (including phenoxy) is 1. The number of carboxylic acid groups (broad SMARTS) is 1. The number of hydrogen-bond acceptors (Lipinski definition) is 8. The van der Waals surface area contributed by atoms with Crippen molar-refractivity contribution >= 4 is 29.2 Å². The van der Waals surface area contributed by atoms with Crippen molar-refractivity contribution in [3.05, 3.63) is 52.6 Å². The van der Waals surface area contributed by atoms with Gasteiger partial charge in [-0.15, -0.1) is 0 Å². The first-order chi connectivity index (χ1) is 19.3. The van der Waals surface area contributed by atoms with Crippen molar-refractivity contribution in [2.45, 2.75) is 76.0 Å². The highest BCUT2D eigenvalue weighted by Gasteiger charge is 2.71. The van der Waals surface area contributed by atoms with E-state index >= 15 is 0 Å². The van der Waals surface area contributed by atoms with Gasteiger partial charge in [-0.25, -0.2) is 0 Å². The molecule has 0 amide bonds. The number of anilines is 1. The highest BCUT2D eigenvalue weighted by molar-refractivity contribution is 6.33. The summed E-state index contributed by atoms with van der Waals surface area (Å²) in [5, 5.41) is 41.2. The molecule has 0 bridgehead atoms. The zero-order chi connectivity index (χ0) is 29.6. The number of fused-ring (bicyclic) bond motifs is 4. The largest absolute Gasteiger partial charge is 0.480 e. The summed E-state index contributed by atoms with van der Waals surface area (Å²) in [4.78, 5) is 32.2. The molecule has 2 aliphatic heterocycles. The molecular weight excluding hydrogens is 548 g/mol. The molecule has 10 heteroatoms. The molecule has 0 spiro atoms. The minimum atomic E-state index is -1.93. The molecule has 0 radical (unpaired) electrons. The molecule has 222 valence electrons. The van der Waals surface area contributed by atoms with E-state index in [1.807, 2.05) is 26.8 Å². The van der Waals surface area contributed by atoms with Crippen LogP contribution in [0.2, 0.25) is 5.02 Å². The number of hydroxylamine groups is 1. The fourth-order valence-corrected chi connectivity index (χ4v) is 8.55. The summed E-state index contributed by atoms with van der Waals surface area (Å²) in [5.74, 6) is -4.67. The summed E-state index contributed by atoms with van der Waals surface area (Å²) in [6.45, 7) is 9.99. The van der Waals surface area contributed by atoms with Crippen molar-refractivity contribution in [3.8, 4) is 0 Å². The number of aliphatic carboxylic acids is 1. The van der Waals surface area contributed by atoms with Crippen LogP contribution in [0.1, 0.15) is 52.0 Å². The number of rotatable bonds is 5. The predicted octanol–water partition coefficient (Wildman–Crippen LogP) is 3.78. The Morgan fingerprint density at radius 1 is 1.20 bits per heavy atom. The molecule has 9 nitrogen and oxygen atoms in total. The molecule has 3 fully saturated rings. The van der Waals surface area contributed by atoms with Crippen LogP contribution in [0.4, 0.5) is 5.69 Å². The Bertz CT molecular complexity index is 1330. The Morgan fingerprint density at radius 3 is 2.54 bits per heavy atom. The minimum absolute atomic E-state index is 0.0627. The number of allylic oxidation sites excluding steroid dienone is 1. The van der Waals surface area contributed by atoms with Crippen LogP contribution in [0.3, 0.4) is 0 Å². The number of aliphatic hydroxyl groups is 2. The van der Waals surface area contributed by atoms with Gasteiger partial charge in [0, 0.05) is 30.4 Å². The van der Waals surface area contributed by atoms with E-state index in [1.165, 1.54) is 5.06 Å². The third-order valence-electron chi connectivity index (χ3n) is 10.5. The lowest BCUT2D eigenvalue weighted by molar-refractivity contribution is -0.224. The molecule has 10 atom stereocenters. The van der Waals surface area contributed by atoms with Gasteiger partial charge in [-0.05, 0) is 63.0 Å². The second-order valence-electron chi connectivity index (χ2n) is 12.9. The average Bonchev–Trinajstić information content (AvgIpc) is 3.71. The Labute approximate surface area is 245 Å². The monoisotopic (exact) mass is 586 g/mol. The summed E-state index contributed by atoms with van der Waals surface area (Å²) in [6.07, 6.45) is 2.84. The lowest BCUT2D eigenvalue weighted by atomic mass is 9.49. The first kappa shape index (κ1) is 28.7. The van der Waals surface area contributed by atoms with E-state index < -0.39 is 53.3 Å². The number of carboxylic acids is 1. The maximum Gasteiger partial charge on any atom is 0.321 e. The molecule has 4 N–H and O–H groups in total. The number of carbonyl (C=O) groups is 2. The number of para-hydroxylation sites is 1. The van der Waals surface area contributed by atoms with Crippen molar-refractivity contribution in [2.75, 3.05) is 12.1 Å². The van der Waals surface area contributed by atoms with Crippen LogP contribution < -0.4 is 10.4 Å². The van der Waals surface area contributed by atoms with Crippen LogP contribution >= 0.6 is 11.6 Å². The Balaban J connectivity index is 1.60. The SMILES string of the molecule is C=C(C)[C@@H]1CC[C@@H](C)[C@]2(O)C([C@H]3[C@@H](C(=O)O)N[C@@H]4ON(C)c5c(Cl)cccc5[C@@]43O)[C@@H](OC(=O)C3CC3)C(C)=C[C@@H]12. The minimum Gasteiger partial charge on any atom is -0.480 e. The number of benzene rings is 1. The molecule has 0 aromatic heterocycles. The molecule has 5 aliphatic rings. The molecule has 1 saturated heterocycles. The summed E-state index contributed by atoms with van der Waals surface area (Å²) in [6, 6.07) is 3.76. The number of nitrogens with one attached hydrogen (secondary N) is 1. The van der Waals surface area contributed by atoms with E-state index in [0.29, 0.717) is 22.7 Å². The number of carbonyl (C=O) groups excluding carboxylic acids is 1. The van der Waals surface area contributed by atoms with Gasteiger partial charge in [-0.3, -0.25) is 24.8 Å². The van der Waals surface area contributed by atoms with Crippen LogP contribution in [-0.2, 0) is 24.8 Å². The molecule has 2 saturated carbocycles. The lowest BCUT2D eigenvalue weighted by Gasteiger charge is -2.59. The summed E-state index contributed by atoms with van der Waals surface area (Å²) < 4.78 is 6.20. The Kier molecular flexibility index (Phi) is 6.86. The topological polar surface area (TPSA) is 129 Å². The van der Waals surface area contributed by atoms with E-state index in [2.05, 4.69) is 11.9 Å². The van der Waals surface area contributed by atoms with Gasteiger partial charge in [0.1, 0.15) is 17.7 Å². The number of nitrogens with zero attached hydrogens (tertiary/aromatic N) is 1. The maximum absolute atomic E-state index is 13.2. The van der Waals surface area contributed by atoms with Crippen molar-refractivity contribution in [1.29, 1.82) is 0 Å². The van der Waals surface area contributed by atoms with Crippen LogP contribution in [0, 0.1) is 35.5 Å². The van der Waals surface area contributed by atoms with E-state index in [9.17, 15) is 24.9 Å². The Morgan fingerprint density at radius 2 is 1.90 bits per heavy atom. The van der Waals surface area contributed by atoms with Crippen LogP contribution in [0.15, 0.2) is 42.0 Å². The smallest absolute Gasteiger partial charge is 0.321 e. The summed E-state index contributed by atoms with van der Waals surface area (Å²) >= 11 is 6.59. The van der Waals surface area contributed by atoms with Gasteiger partial charge in [0.15, 0.2) is 6.23 Å². The standard InChI is InChI=1S/C31H39ClN2O7/c1-14(2)18-12-9-16(4)30(38)20(18)13-15(3)26(40-28(37)17-10-11-17)23(30)22-24(27(35)36)33-29-31(22,39)19-7-6-8-21(32)25(19)34(5)41-29/h6-8,13,16-18,20,22-24,26,29,33,38-39H,1,9-12H2,2-5H3,(H,35,36)/t16-,18+,20+,22+,23?,24+,26+,29-,30-,31+/m1/s1. The van der Waals surface area contributed by atoms with Gasteiger partial charge in [0.2, 0.25) is 0 Å². The van der Waals surface area contributed by atoms with E-state index in [1.54, 1.807) is 25.2 Å². The quantitative estimate of drug-likeness (QED) is 0.301. The van der Waals surface area contributed by atoms with Gasteiger partial charge in [0.25, 0.3) is 0 Å². The van der Waals surface area contributed by atoms with Crippen LogP contribution in [0.5, 0.6) is 0 Å². The van der Waals surface area contributed by atoms with E-state index in [0.717, 1.165) is 30.4 Å².